The van der Waals surface area contributed by atoms with Crippen LogP contribution in [0.1, 0.15) is 12.8 Å². The Labute approximate surface area is 89.2 Å². The molecule has 1 saturated heterocycles. The quantitative estimate of drug-likeness (QED) is 0.598. The Morgan fingerprint density at radius 1 is 1.47 bits per heavy atom. The fraction of sp³-hybridized carbons (Fsp3) is 0.636. The van der Waals surface area contributed by atoms with Gasteiger partial charge in [-0.25, -0.2) is 0 Å². The van der Waals surface area contributed by atoms with Gasteiger partial charge in [-0.15, -0.1) is 0 Å². The van der Waals surface area contributed by atoms with Gasteiger partial charge < -0.3 is 20.3 Å². The largest absolute Gasteiger partial charge is 0.394 e. The summed E-state index contributed by atoms with van der Waals surface area (Å²) in [6, 6.07) is -0.0862. The Morgan fingerprint density at radius 3 is 2.87 bits per heavy atom. The van der Waals surface area contributed by atoms with Crippen LogP contribution in [0.25, 0.3) is 0 Å². The number of dihydropyridines is 1. The highest BCUT2D eigenvalue weighted by atomic mass is 16.5. The first-order chi connectivity index (χ1) is 7.24. The lowest BCUT2D eigenvalue weighted by molar-refractivity contribution is -0.0439. The number of aliphatic hydroxyl groups excluding tert-OH is 1. The summed E-state index contributed by atoms with van der Waals surface area (Å²) in [5.41, 5.74) is -0.0106. The Kier molecular flexibility index (Phi) is 3.09. The summed E-state index contributed by atoms with van der Waals surface area (Å²) in [5.74, 6) is 0. The lowest BCUT2D eigenvalue weighted by Crippen LogP contribution is -2.47. The van der Waals surface area contributed by atoms with Crippen molar-refractivity contribution in [1.29, 1.82) is 0 Å². The Hall–Kier alpha value is -0.840. The molecule has 4 heteroatoms. The number of hydrogen-bond acceptors (Lipinski definition) is 4. The van der Waals surface area contributed by atoms with Crippen molar-refractivity contribution in [2.75, 3.05) is 19.8 Å². The lowest BCUT2D eigenvalue weighted by atomic mass is 9.89. The molecule has 1 fully saturated rings. The van der Waals surface area contributed by atoms with Crippen LogP contribution in [0.2, 0.25) is 0 Å². The smallest absolute Gasteiger partial charge is 0.108 e. The van der Waals surface area contributed by atoms with E-state index in [1.165, 1.54) is 0 Å². The van der Waals surface area contributed by atoms with E-state index in [4.69, 9.17) is 9.84 Å². The maximum atomic E-state index is 10.4. The molecule has 0 aromatic rings. The van der Waals surface area contributed by atoms with Gasteiger partial charge in [0.05, 0.1) is 12.6 Å². The summed E-state index contributed by atoms with van der Waals surface area (Å²) in [6.45, 7) is 1.21. The van der Waals surface area contributed by atoms with Crippen LogP contribution in [-0.4, -0.2) is 41.7 Å². The fourth-order valence-corrected chi connectivity index (χ4v) is 1.96. The molecule has 2 rings (SSSR count). The van der Waals surface area contributed by atoms with Crippen molar-refractivity contribution < 1.29 is 14.9 Å². The van der Waals surface area contributed by atoms with E-state index in [1.807, 2.05) is 18.2 Å². The molecule has 15 heavy (non-hydrogen) atoms. The molecule has 0 radical (unpaired) electrons. The second kappa shape index (κ2) is 4.35. The van der Waals surface area contributed by atoms with Crippen molar-refractivity contribution in [3.8, 4) is 0 Å². The van der Waals surface area contributed by atoms with Crippen molar-refractivity contribution in [3.05, 3.63) is 23.9 Å². The first-order valence-corrected chi connectivity index (χ1v) is 5.31. The van der Waals surface area contributed by atoms with E-state index in [1.54, 1.807) is 0 Å². The van der Waals surface area contributed by atoms with Gasteiger partial charge in [0.2, 0.25) is 0 Å². The molecule has 0 bridgehead atoms. The topological polar surface area (TPSA) is 61.7 Å². The summed E-state index contributed by atoms with van der Waals surface area (Å²) in [5, 5.41) is 22.6. The van der Waals surface area contributed by atoms with Gasteiger partial charge in [0.25, 0.3) is 0 Å². The van der Waals surface area contributed by atoms with Gasteiger partial charge >= 0.3 is 0 Å². The highest BCUT2D eigenvalue weighted by molar-refractivity contribution is 5.27. The minimum absolute atomic E-state index is 0.0421. The average molecular weight is 211 g/mol. The molecule has 0 aromatic heterocycles. The number of aliphatic hydroxyl groups is 2. The predicted molar refractivity (Wildman–Crippen MR) is 56.2 cm³/mol. The molecule has 0 aliphatic carbocycles. The van der Waals surface area contributed by atoms with Gasteiger partial charge in [0.15, 0.2) is 0 Å². The molecule has 1 atom stereocenters. The number of rotatable bonds is 2. The summed E-state index contributed by atoms with van der Waals surface area (Å²) < 4.78 is 5.23. The Bertz CT molecular complexity index is 280. The monoisotopic (exact) mass is 211 g/mol. The molecule has 2 aliphatic heterocycles. The van der Waals surface area contributed by atoms with Crippen LogP contribution in [-0.2, 0) is 4.74 Å². The van der Waals surface area contributed by atoms with E-state index in [2.05, 4.69) is 5.32 Å². The standard InChI is InChI=1S/C11H17NO3/c13-8-9-2-1-3-10(12-9)11(14)4-6-15-7-5-11/h1-3,9,12-14H,4-8H2. The summed E-state index contributed by atoms with van der Waals surface area (Å²) in [7, 11) is 0. The van der Waals surface area contributed by atoms with Crippen molar-refractivity contribution in [2.24, 2.45) is 0 Å². The van der Waals surface area contributed by atoms with E-state index >= 15 is 0 Å². The fourth-order valence-electron chi connectivity index (χ4n) is 1.96. The van der Waals surface area contributed by atoms with Gasteiger partial charge in [0.1, 0.15) is 5.60 Å². The van der Waals surface area contributed by atoms with Crippen LogP contribution >= 0.6 is 0 Å². The number of hydrogen-bond donors (Lipinski definition) is 3. The second-order valence-electron chi connectivity index (χ2n) is 4.04. The highest BCUT2D eigenvalue weighted by Gasteiger charge is 2.35. The van der Waals surface area contributed by atoms with Crippen LogP contribution in [0.15, 0.2) is 23.9 Å². The molecule has 4 nitrogen and oxygen atoms in total. The van der Waals surface area contributed by atoms with E-state index in [0.29, 0.717) is 26.1 Å². The molecule has 0 saturated carbocycles. The molecular formula is C11H17NO3. The summed E-state index contributed by atoms with van der Waals surface area (Å²) in [6.07, 6.45) is 6.85. The number of nitrogens with one attached hydrogen (secondary N) is 1. The third kappa shape index (κ3) is 2.22. The van der Waals surface area contributed by atoms with Crippen LogP contribution in [0.3, 0.4) is 0 Å². The molecule has 84 valence electrons. The lowest BCUT2D eigenvalue weighted by Gasteiger charge is -2.37. The Morgan fingerprint density at radius 2 is 2.20 bits per heavy atom. The van der Waals surface area contributed by atoms with Gasteiger partial charge in [-0.1, -0.05) is 12.2 Å². The zero-order chi connectivity index (χ0) is 10.7. The zero-order valence-corrected chi connectivity index (χ0v) is 8.65. The minimum Gasteiger partial charge on any atom is -0.394 e. The van der Waals surface area contributed by atoms with Crippen LogP contribution < -0.4 is 5.32 Å². The Balaban J connectivity index is 2.09. The first-order valence-electron chi connectivity index (χ1n) is 5.31. The van der Waals surface area contributed by atoms with Gasteiger partial charge in [-0.2, -0.15) is 0 Å². The normalized spacial score (nSPS) is 29.5. The van der Waals surface area contributed by atoms with Crippen molar-refractivity contribution >= 4 is 0 Å². The molecule has 2 heterocycles. The molecule has 0 spiro atoms. The van der Waals surface area contributed by atoms with Crippen molar-refractivity contribution in [2.45, 2.75) is 24.5 Å². The van der Waals surface area contributed by atoms with E-state index in [-0.39, 0.29) is 12.6 Å². The maximum Gasteiger partial charge on any atom is 0.108 e. The molecule has 0 amide bonds. The first kappa shape index (κ1) is 10.7. The maximum absolute atomic E-state index is 10.4. The summed E-state index contributed by atoms with van der Waals surface area (Å²) in [4.78, 5) is 0. The van der Waals surface area contributed by atoms with Crippen molar-refractivity contribution in [3.63, 3.8) is 0 Å². The summed E-state index contributed by atoms with van der Waals surface area (Å²) >= 11 is 0. The SMILES string of the molecule is OCC1C=CC=C(C2(O)CCOCC2)N1. The third-order valence-electron chi connectivity index (χ3n) is 2.97. The second-order valence-corrected chi connectivity index (χ2v) is 4.04. The molecular weight excluding hydrogens is 194 g/mol. The third-order valence-corrected chi connectivity index (χ3v) is 2.97. The number of ether oxygens (including phenoxy) is 1. The molecule has 1 unspecified atom stereocenters. The highest BCUT2D eigenvalue weighted by Crippen LogP contribution is 2.28. The zero-order valence-electron chi connectivity index (χ0n) is 8.65. The van der Waals surface area contributed by atoms with E-state index in [0.717, 1.165) is 5.70 Å². The van der Waals surface area contributed by atoms with Gasteiger partial charge in [0, 0.05) is 31.8 Å². The van der Waals surface area contributed by atoms with Gasteiger partial charge in [-0.05, 0) is 6.08 Å². The molecule has 3 N–H and O–H groups in total. The molecule has 2 aliphatic rings. The average Bonchev–Trinajstić information content (AvgIpc) is 2.30. The van der Waals surface area contributed by atoms with E-state index < -0.39 is 5.60 Å². The van der Waals surface area contributed by atoms with E-state index in [9.17, 15) is 5.11 Å². The van der Waals surface area contributed by atoms with Crippen LogP contribution in [0, 0.1) is 0 Å². The van der Waals surface area contributed by atoms with Crippen LogP contribution in [0.5, 0.6) is 0 Å². The molecule has 0 aromatic carbocycles. The van der Waals surface area contributed by atoms with Gasteiger partial charge in [-0.3, -0.25) is 0 Å². The van der Waals surface area contributed by atoms with Crippen LogP contribution in [0.4, 0.5) is 0 Å². The minimum atomic E-state index is -0.809. The predicted octanol–water partition coefficient (Wildman–Crippen LogP) is -0.0679. The van der Waals surface area contributed by atoms with Crippen molar-refractivity contribution in [1.82, 2.24) is 5.32 Å². The number of allylic oxidation sites excluding steroid dienone is 2.